The largest absolute Gasteiger partial charge is 1.00 e. The molecule has 58 heavy (non-hydrogen) atoms. The summed E-state index contributed by atoms with van der Waals surface area (Å²) in [6.45, 7) is 2.96. The van der Waals surface area contributed by atoms with Crippen LogP contribution >= 0.6 is 0 Å². The Morgan fingerprint density at radius 3 is 1.84 bits per heavy atom. The predicted octanol–water partition coefficient (Wildman–Crippen LogP) is 2.82. The van der Waals surface area contributed by atoms with Crippen molar-refractivity contribution in [2.75, 3.05) is 19.4 Å². The molecule has 6 rings (SSSR count). The zero-order chi connectivity index (χ0) is 40.8. The molecule has 0 unspecified atom stereocenters. The normalized spacial score (nSPS) is 11.4. The summed E-state index contributed by atoms with van der Waals surface area (Å²) in [5, 5.41) is 53.9. The molecular weight excluding hydrogens is 842 g/mol. The Morgan fingerprint density at radius 2 is 1.29 bits per heavy atom. The third-order valence-electron chi connectivity index (χ3n) is 7.86. The fourth-order valence-corrected chi connectivity index (χ4v) is 6.55. The van der Waals surface area contributed by atoms with Crippen molar-refractivity contribution in [3.63, 3.8) is 0 Å². The molecule has 22 heteroatoms. The van der Waals surface area contributed by atoms with E-state index >= 15 is 0 Å². The second kappa shape index (κ2) is 20.0. The summed E-state index contributed by atoms with van der Waals surface area (Å²) in [6, 6.07) is 24.2. The number of amides is 1. The molecule has 1 heterocycles. The van der Waals surface area contributed by atoms with Crippen LogP contribution in [0.3, 0.4) is 0 Å². The van der Waals surface area contributed by atoms with Crippen LogP contribution in [0.15, 0.2) is 132 Å². The van der Waals surface area contributed by atoms with Crippen LogP contribution in [0.4, 0.5) is 28.4 Å². The van der Waals surface area contributed by atoms with Gasteiger partial charge >= 0.3 is 29.6 Å². The molecule has 0 aliphatic heterocycles. The molecule has 6 aromatic rings. The SMILES string of the molecule is CNS(=O)(=O)c1ccc(O)c(N=N[c-]2c(C)nn(-c3ccccc3)c2=O)c1.CNS(=O)(=O)c1ccc(O)c(N=Nc2c(O)ccc3cccc(NC(C)=O)c23)c1.[Cr].[Na+]. The van der Waals surface area contributed by atoms with Gasteiger partial charge in [-0.1, -0.05) is 49.0 Å². The molecule has 1 amide bonds. The minimum absolute atomic E-state index is 0. The number of carbonyl (C=O) groups is 1. The summed E-state index contributed by atoms with van der Waals surface area (Å²) < 4.78 is 53.2. The van der Waals surface area contributed by atoms with Gasteiger partial charge in [-0.15, -0.1) is 15.9 Å². The molecule has 6 N–H and O–H groups in total. The van der Waals surface area contributed by atoms with Gasteiger partial charge in [0.25, 0.3) is 0 Å². The van der Waals surface area contributed by atoms with E-state index in [4.69, 9.17) is 0 Å². The number of azo groups is 2. The van der Waals surface area contributed by atoms with Crippen LogP contribution in [0.1, 0.15) is 12.6 Å². The van der Waals surface area contributed by atoms with Gasteiger partial charge in [0.15, 0.2) is 0 Å². The molecule has 18 nitrogen and oxygen atoms in total. The Hall–Kier alpha value is -5.21. The number of sulfonamides is 2. The van der Waals surface area contributed by atoms with Gasteiger partial charge in [-0.05, 0) is 80.1 Å². The number of carbonyl (C=O) groups excluding carboxylic acids is 1. The molecule has 0 spiro atoms. The molecule has 1 aromatic heterocycles. The number of aromatic nitrogens is 2. The summed E-state index contributed by atoms with van der Waals surface area (Å²) in [5.74, 6) is -1.05. The fourth-order valence-electron chi connectivity index (χ4n) is 5.05. The Bertz CT molecular complexity index is 2800. The van der Waals surface area contributed by atoms with E-state index in [9.17, 15) is 41.7 Å². The predicted molar refractivity (Wildman–Crippen MR) is 207 cm³/mol. The van der Waals surface area contributed by atoms with Gasteiger partial charge in [0, 0.05) is 29.7 Å². The number of para-hydroxylation sites is 1. The molecule has 0 bridgehead atoms. The van der Waals surface area contributed by atoms with Gasteiger partial charge < -0.3 is 30.5 Å². The van der Waals surface area contributed by atoms with Crippen LogP contribution in [0, 0.1) is 6.92 Å². The molecule has 296 valence electrons. The molecule has 0 fully saturated rings. The number of nitrogens with zero attached hydrogens (tertiary/aromatic N) is 6. The minimum atomic E-state index is -3.74. The maximum Gasteiger partial charge on any atom is 1.00 e. The van der Waals surface area contributed by atoms with Crippen LogP contribution in [0.5, 0.6) is 17.2 Å². The van der Waals surface area contributed by atoms with E-state index in [0.717, 1.165) is 12.1 Å². The van der Waals surface area contributed by atoms with Crippen LogP contribution in [-0.2, 0) is 42.2 Å². The average molecular weight is 876 g/mol. The summed E-state index contributed by atoms with van der Waals surface area (Å²) in [7, 11) is -4.92. The second-order valence-electron chi connectivity index (χ2n) is 11.6. The number of rotatable bonds is 10. The number of aryl methyl sites for hydroxylation is 1. The van der Waals surface area contributed by atoms with E-state index in [1.807, 2.05) is 6.07 Å². The van der Waals surface area contributed by atoms with Gasteiger partial charge in [-0.25, -0.2) is 36.1 Å². The van der Waals surface area contributed by atoms with Gasteiger partial charge in [0.05, 0.1) is 21.2 Å². The van der Waals surface area contributed by atoms with Crippen LogP contribution in [-0.4, -0.2) is 61.9 Å². The van der Waals surface area contributed by atoms with Crippen molar-refractivity contribution in [2.45, 2.75) is 23.6 Å². The van der Waals surface area contributed by atoms with E-state index in [-0.39, 0.29) is 103 Å². The van der Waals surface area contributed by atoms with E-state index in [2.05, 4.69) is 40.3 Å². The third kappa shape index (κ3) is 10.8. The molecule has 5 aromatic carbocycles. The monoisotopic (exact) mass is 875 g/mol. The van der Waals surface area contributed by atoms with Crippen LogP contribution < -0.4 is 49.9 Å². The first-order valence-electron chi connectivity index (χ1n) is 16.3. The van der Waals surface area contributed by atoms with E-state index < -0.39 is 25.6 Å². The number of hydrogen-bond donors (Lipinski definition) is 6. The van der Waals surface area contributed by atoms with Crippen molar-refractivity contribution >= 4 is 65.2 Å². The van der Waals surface area contributed by atoms with Crippen LogP contribution in [0.25, 0.3) is 16.5 Å². The number of phenolic OH excluding ortho intramolecular Hbond substituents is 3. The quantitative estimate of drug-likeness (QED) is 0.0666. The zero-order valence-corrected chi connectivity index (χ0v) is 36.3. The van der Waals surface area contributed by atoms with Crippen molar-refractivity contribution in [3.8, 4) is 22.9 Å². The Morgan fingerprint density at radius 1 is 0.741 bits per heavy atom. The zero-order valence-electron chi connectivity index (χ0n) is 31.4. The first-order chi connectivity index (χ1) is 26.6. The average Bonchev–Trinajstić information content (AvgIpc) is 3.46. The molecular formula is C36H34CrN9NaO9S2. The molecule has 0 saturated heterocycles. The van der Waals surface area contributed by atoms with Crippen molar-refractivity contribution in [1.82, 2.24) is 19.2 Å². The van der Waals surface area contributed by atoms with Crippen molar-refractivity contribution in [3.05, 3.63) is 113 Å². The number of anilines is 1. The van der Waals surface area contributed by atoms with Gasteiger partial charge in [0.2, 0.25) is 26.0 Å². The Balaban J connectivity index is 0.000000301. The summed E-state index contributed by atoms with van der Waals surface area (Å²) in [6.07, 6.45) is 0. The van der Waals surface area contributed by atoms with Crippen molar-refractivity contribution < 1.29 is 83.9 Å². The Labute approximate surface area is 365 Å². The molecule has 0 atom stereocenters. The van der Waals surface area contributed by atoms with E-state index in [0.29, 0.717) is 27.8 Å². The molecule has 0 saturated carbocycles. The maximum atomic E-state index is 12.5. The van der Waals surface area contributed by atoms with Gasteiger partial charge in [-0.3, -0.25) is 4.79 Å². The standard InChI is InChI=1S/C19H18N4O5S.C17H16N5O4S.Cr.Na/c1-11(24)21-14-5-3-4-12-6-8-17(26)19(18(12)14)23-22-15-10-13(7-9-16(15)25)29(27,28)20-2;1-11-16(17(24)22(21-11)12-6-4-3-5-7-12)20-19-14-10-13(8-9-15(14)23)27(25,26)18-2;;/h3-10,20,25-26H,1-2H3,(H,21,24);3-10,18,23H,1-2H3;;/q;-1;;+1. The summed E-state index contributed by atoms with van der Waals surface area (Å²) in [4.78, 5) is 23.9. The van der Waals surface area contributed by atoms with Gasteiger partial charge in [0.1, 0.15) is 39.9 Å². The van der Waals surface area contributed by atoms with E-state index in [1.165, 1.54) is 56.0 Å². The molecule has 0 radical (unpaired) electrons. The molecule has 0 aliphatic carbocycles. The smallest absolute Gasteiger partial charge is 0.506 e. The summed E-state index contributed by atoms with van der Waals surface area (Å²) in [5.41, 5.74) is 0.764. The van der Waals surface area contributed by atoms with Crippen LogP contribution in [0.2, 0.25) is 0 Å². The number of aromatic hydroxyl groups is 3. The number of hydrogen-bond acceptors (Lipinski definition) is 14. The number of phenols is 3. The minimum Gasteiger partial charge on any atom is -0.506 e. The van der Waals surface area contributed by atoms with Gasteiger partial charge in [-0.2, -0.15) is 5.11 Å². The molecule has 0 aliphatic rings. The van der Waals surface area contributed by atoms with Crippen molar-refractivity contribution in [2.24, 2.45) is 20.5 Å². The maximum absolute atomic E-state index is 12.5. The Kier molecular flexibility index (Phi) is 16.2. The van der Waals surface area contributed by atoms with E-state index in [1.54, 1.807) is 55.5 Å². The topological polar surface area (TPSA) is 266 Å². The number of benzene rings is 5. The number of nitrogens with one attached hydrogen (secondary N) is 3. The third-order valence-corrected chi connectivity index (χ3v) is 10.7. The first kappa shape index (κ1) is 47.2. The first-order valence-corrected chi connectivity index (χ1v) is 19.2. The summed E-state index contributed by atoms with van der Waals surface area (Å²) >= 11 is 0. The second-order valence-corrected chi connectivity index (χ2v) is 15.4. The fraction of sp³-hybridized carbons (Fsp3) is 0.111. The van der Waals surface area contributed by atoms with Crippen molar-refractivity contribution in [1.29, 1.82) is 0 Å². The number of fused-ring (bicyclic) bond motifs is 1.